The van der Waals surface area contributed by atoms with Gasteiger partial charge in [0.15, 0.2) is 0 Å². The number of carbonyl (C=O) groups is 2. The fourth-order valence-corrected chi connectivity index (χ4v) is 3.22. The van der Waals surface area contributed by atoms with Gasteiger partial charge in [-0.15, -0.1) is 0 Å². The largest absolute Gasteiger partial charge is 0.444 e. The molecule has 0 aliphatic carbocycles. The number of hydrogen-bond donors (Lipinski definition) is 1. The highest BCUT2D eigenvalue weighted by atomic mass is 16.6. The molecule has 25 heavy (non-hydrogen) atoms. The molecule has 0 radical (unpaired) electrons. The Labute approximate surface area is 148 Å². The van der Waals surface area contributed by atoms with Gasteiger partial charge in [-0.3, -0.25) is 5.32 Å². The van der Waals surface area contributed by atoms with Gasteiger partial charge >= 0.3 is 12.1 Å². The number of aromatic nitrogens is 1. The predicted molar refractivity (Wildman–Crippen MR) is 94.2 cm³/mol. The van der Waals surface area contributed by atoms with Gasteiger partial charge in [0, 0.05) is 31.4 Å². The van der Waals surface area contributed by atoms with E-state index in [1.165, 1.54) is 0 Å². The van der Waals surface area contributed by atoms with E-state index in [-0.39, 0.29) is 12.1 Å². The summed E-state index contributed by atoms with van der Waals surface area (Å²) in [5, 5.41) is 2.84. The van der Waals surface area contributed by atoms with Crippen molar-refractivity contribution in [3.8, 4) is 0 Å². The Morgan fingerprint density at radius 2 is 2.08 bits per heavy atom. The Kier molecular flexibility index (Phi) is 4.83. The maximum atomic E-state index is 12.3. The van der Waals surface area contributed by atoms with Crippen molar-refractivity contribution in [2.75, 3.05) is 25.0 Å². The Morgan fingerprint density at radius 3 is 2.76 bits per heavy atom. The summed E-state index contributed by atoms with van der Waals surface area (Å²) in [5.41, 5.74) is 0.564. The summed E-state index contributed by atoms with van der Waals surface area (Å²) in [5.74, 6) is 1.05. The number of anilines is 1. The highest BCUT2D eigenvalue weighted by Crippen LogP contribution is 2.25. The number of carbonyl (C=O) groups excluding carboxylic acids is 2. The lowest BCUT2D eigenvalue weighted by Crippen LogP contribution is -2.46. The molecule has 1 aromatic heterocycles. The van der Waals surface area contributed by atoms with Crippen molar-refractivity contribution in [3.63, 3.8) is 0 Å². The summed E-state index contributed by atoms with van der Waals surface area (Å²) in [4.78, 5) is 32.2. The second kappa shape index (κ2) is 6.90. The number of hydrogen-bond acceptors (Lipinski definition) is 4. The van der Waals surface area contributed by atoms with Gasteiger partial charge in [-0.25, -0.2) is 14.6 Å². The second-order valence-corrected chi connectivity index (χ2v) is 7.73. The first-order valence-corrected chi connectivity index (χ1v) is 8.79. The third-order valence-corrected chi connectivity index (χ3v) is 4.51. The van der Waals surface area contributed by atoms with E-state index in [1.807, 2.05) is 37.8 Å². The Balaban J connectivity index is 1.51. The van der Waals surface area contributed by atoms with Crippen LogP contribution in [0.5, 0.6) is 0 Å². The number of rotatable bonds is 2. The highest BCUT2D eigenvalue weighted by molar-refractivity contribution is 5.91. The molecule has 0 spiro atoms. The second-order valence-electron chi connectivity index (χ2n) is 7.73. The molecule has 7 heteroatoms. The van der Waals surface area contributed by atoms with Gasteiger partial charge in [-0.05, 0) is 45.6 Å². The Morgan fingerprint density at radius 1 is 1.36 bits per heavy atom. The molecule has 3 rings (SSSR count). The number of nitrogens with zero attached hydrogens (tertiary/aromatic N) is 3. The summed E-state index contributed by atoms with van der Waals surface area (Å²) in [6, 6.07) is 3.77. The number of pyridine rings is 1. The third kappa shape index (κ3) is 4.41. The summed E-state index contributed by atoms with van der Waals surface area (Å²) >= 11 is 0. The lowest BCUT2D eigenvalue weighted by atomic mass is 9.96. The van der Waals surface area contributed by atoms with Crippen LogP contribution in [-0.2, 0) is 11.3 Å². The molecule has 2 aliphatic heterocycles. The van der Waals surface area contributed by atoms with Gasteiger partial charge in [-0.1, -0.05) is 6.07 Å². The first-order chi connectivity index (χ1) is 11.8. The van der Waals surface area contributed by atoms with Crippen molar-refractivity contribution in [2.24, 2.45) is 5.92 Å². The van der Waals surface area contributed by atoms with Crippen LogP contribution in [0.15, 0.2) is 18.3 Å². The average Bonchev–Trinajstić information content (AvgIpc) is 2.54. The predicted octanol–water partition coefficient (Wildman–Crippen LogP) is 3.08. The van der Waals surface area contributed by atoms with Crippen molar-refractivity contribution in [1.82, 2.24) is 14.8 Å². The highest BCUT2D eigenvalue weighted by Gasteiger charge is 2.30. The maximum Gasteiger partial charge on any atom is 0.410 e. The van der Waals surface area contributed by atoms with E-state index < -0.39 is 5.60 Å². The summed E-state index contributed by atoms with van der Waals surface area (Å²) in [7, 11) is 0. The molecule has 0 aromatic carbocycles. The fourth-order valence-electron chi connectivity index (χ4n) is 3.22. The van der Waals surface area contributed by atoms with Crippen LogP contribution in [0.4, 0.5) is 15.4 Å². The van der Waals surface area contributed by atoms with E-state index in [0.717, 1.165) is 18.4 Å². The van der Waals surface area contributed by atoms with Crippen molar-refractivity contribution < 1.29 is 14.3 Å². The summed E-state index contributed by atoms with van der Waals surface area (Å²) < 4.78 is 5.42. The quantitative estimate of drug-likeness (QED) is 0.893. The van der Waals surface area contributed by atoms with Crippen LogP contribution >= 0.6 is 0 Å². The number of nitrogens with one attached hydrogen (secondary N) is 1. The van der Waals surface area contributed by atoms with E-state index in [4.69, 9.17) is 4.74 Å². The number of urea groups is 1. The molecule has 0 bridgehead atoms. The number of ether oxygens (including phenoxy) is 1. The van der Waals surface area contributed by atoms with Gasteiger partial charge in [0.2, 0.25) is 0 Å². The molecule has 0 saturated carbocycles. The monoisotopic (exact) mass is 346 g/mol. The third-order valence-electron chi connectivity index (χ3n) is 4.51. The van der Waals surface area contributed by atoms with Crippen LogP contribution in [0.3, 0.4) is 0 Å². The van der Waals surface area contributed by atoms with Gasteiger partial charge in [0.1, 0.15) is 11.4 Å². The molecular formula is C18H26N4O3. The van der Waals surface area contributed by atoms with Crippen LogP contribution in [0.1, 0.15) is 39.2 Å². The van der Waals surface area contributed by atoms with Crippen LogP contribution in [-0.4, -0.2) is 52.1 Å². The topological polar surface area (TPSA) is 74.8 Å². The zero-order valence-corrected chi connectivity index (χ0v) is 15.1. The lowest BCUT2D eigenvalue weighted by Gasteiger charge is -2.36. The van der Waals surface area contributed by atoms with E-state index in [2.05, 4.69) is 10.3 Å². The van der Waals surface area contributed by atoms with Crippen molar-refractivity contribution in [1.29, 1.82) is 0 Å². The van der Waals surface area contributed by atoms with Gasteiger partial charge in [0.25, 0.3) is 0 Å². The molecule has 136 valence electrons. The lowest BCUT2D eigenvalue weighted by molar-refractivity contribution is 0.0173. The zero-order valence-electron chi connectivity index (χ0n) is 15.1. The van der Waals surface area contributed by atoms with E-state index in [9.17, 15) is 9.59 Å². The van der Waals surface area contributed by atoms with Crippen LogP contribution in [0.25, 0.3) is 0 Å². The standard InChI is InChI=1S/C18H26N4O3/c1-18(2,3)25-17(24)21-9-6-13(7-10-21)11-22-12-14-5-4-8-19-15(14)20-16(22)23/h4-5,8,13H,6-7,9-12H2,1-3H3,(H,19,20,23). The van der Waals surface area contributed by atoms with Crippen molar-refractivity contribution in [3.05, 3.63) is 23.9 Å². The van der Waals surface area contributed by atoms with Crippen LogP contribution < -0.4 is 5.32 Å². The van der Waals surface area contributed by atoms with E-state index in [1.54, 1.807) is 11.1 Å². The minimum atomic E-state index is -0.471. The number of piperidine rings is 1. The van der Waals surface area contributed by atoms with Gasteiger partial charge in [0.05, 0.1) is 6.54 Å². The first kappa shape index (κ1) is 17.5. The Bertz CT molecular complexity index is 648. The first-order valence-electron chi connectivity index (χ1n) is 8.79. The summed E-state index contributed by atoms with van der Waals surface area (Å²) in [6.45, 7) is 8.25. The molecule has 2 aliphatic rings. The average molecular weight is 346 g/mol. The van der Waals surface area contributed by atoms with E-state index >= 15 is 0 Å². The van der Waals surface area contributed by atoms with Gasteiger partial charge < -0.3 is 14.5 Å². The molecule has 1 fully saturated rings. The minimum Gasteiger partial charge on any atom is -0.444 e. The normalized spacial score (nSPS) is 18.6. The smallest absolute Gasteiger partial charge is 0.410 e. The molecule has 7 nitrogen and oxygen atoms in total. The summed E-state index contributed by atoms with van der Waals surface area (Å²) in [6.07, 6.45) is 3.19. The van der Waals surface area contributed by atoms with Crippen molar-refractivity contribution in [2.45, 2.75) is 45.8 Å². The molecule has 1 aromatic rings. The molecule has 3 heterocycles. The SMILES string of the molecule is CC(C)(C)OC(=O)N1CCC(CN2Cc3cccnc3NC2=O)CC1. The van der Waals surface area contributed by atoms with Crippen LogP contribution in [0.2, 0.25) is 0 Å². The van der Waals surface area contributed by atoms with Gasteiger partial charge in [-0.2, -0.15) is 0 Å². The van der Waals surface area contributed by atoms with Crippen LogP contribution in [0, 0.1) is 5.92 Å². The molecule has 0 atom stereocenters. The number of likely N-dealkylation sites (tertiary alicyclic amines) is 1. The zero-order chi connectivity index (χ0) is 18.0. The number of fused-ring (bicyclic) bond motifs is 1. The maximum absolute atomic E-state index is 12.3. The molecular weight excluding hydrogens is 320 g/mol. The molecule has 1 saturated heterocycles. The van der Waals surface area contributed by atoms with E-state index in [0.29, 0.717) is 37.9 Å². The van der Waals surface area contributed by atoms with Crippen molar-refractivity contribution >= 4 is 17.9 Å². The fraction of sp³-hybridized carbons (Fsp3) is 0.611. The number of amides is 3. The Hall–Kier alpha value is -2.31. The molecule has 0 unspecified atom stereocenters. The molecule has 1 N–H and O–H groups in total. The molecule has 3 amide bonds. The minimum absolute atomic E-state index is 0.0965.